The molecule has 0 spiro atoms. The van der Waals surface area contributed by atoms with Crippen molar-refractivity contribution >= 4 is 12.2 Å². The number of aliphatic hydroxyl groups excluding tert-OH is 1. The Labute approximate surface area is 91.8 Å². The van der Waals surface area contributed by atoms with Crippen LogP contribution in [0.3, 0.4) is 0 Å². The molecule has 1 fully saturated rings. The van der Waals surface area contributed by atoms with Crippen molar-refractivity contribution in [1.82, 2.24) is 5.32 Å². The number of hydrogen-bond acceptors (Lipinski definition) is 3. The Morgan fingerprint density at radius 3 is 2.81 bits per heavy atom. The smallest absolute Gasteiger partial charge is 0.233 e. The predicted molar refractivity (Wildman–Crippen MR) is 54.2 cm³/mol. The number of aldehydes is 1. The second-order valence-electron chi connectivity index (χ2n) is 4.19. The summed E-state index contributed by atoms with van der Waals surface area (Å²) in [5.74, 6) is -1.50. The van der Waals surface area contributed by atoms with Crippen molar-refractivity contribution in [3.05, 3.63) is 23.7 Å². The first-order chi connectivity index (χ1) is 7.57. The molecule has 2 aliphatic rings. The van der Waals surface area contributed by atoms with Gasteiger partial charge in [-0.3, -0.25) is 4.79 Å². The van der Waals surface area contributed by atoms with Gasteiger partial charge >= 0.3 is 0 Å². The predicted octanol–water partition coefficient (Wildman–Crippen LogP) is 1.15. The molecule has 0 heterocycles. The van der Waals surface area contributed by atoms with E-state index in [0.29, 0.717) is 25.5 Å². The van der Waals surface area contributed by atoms with E-state index in [1.54, 1.807) is 0 Å². The van der Waals surface area contributed by atoms with Crippen molar-refractivity contribution in [2.75, 3.05) is 0 Å². The average molecular weight is 225 g/mol. The first-order valence-electron chi connectivity index (χ1n) is 5.11. The van der Waals surface area contributed by atoms with Gasteiger partial charge in [-0.1, -0.05) is 0 Å². The van der Waals surface area contributed by atoms with E-state index in [9.17, 15) is 14.0 Å². The molecule has 16 heavy (non-hydrogen) atoms. The van der Waals surface area contributed by atoms with Crippen LogP contribution in [-0.2, 0) is 9.59 Å². The molecule has 2 aliphatic carbocycles. The monoisotopic (exact) mass is 225 g/mol. The van der Waals surface area contributed by atoms with Gasteiger partial charge in [0.2, 0.25) is 5.91 Å². The number of aliphatic hydroxyl groups is 1. The molecule has 1 unspecified atom stereocenters. The summed E-state index contributed by atoms with van der Waals surface area (Å²) >= 11 is 0. The molecule has 5 heteroatoms. The van der Waals surface area contributed by atoms with Crippen molar-refractivity contribution in [2.24, 2.45) is 5.41 Å². The molecule has 86 valence electrons. The van der Waals surface area contributed by atoms with Gasteiger partial charge in [-0.05, 0) is 31.4 Å². The maximum Gasteiger partial charge on any atom is 0.233 e. The summed E-state index contributed by atoms with van der Waals surface area (Å²) in [5.41, 5.74) is -0.881. The van der Waals surface area contributed by atoms with E-state index < -0.39 is 23.0 Å². The summed E-state index contributed by atoms with van der Waals surface area (Å²) in [5, 5.41) is 11.6. The molecule has 1 atom stereocenters. The normalized spacial score (nSPS) is 26.4. The fraction of sp³-hybridized carbons (Fsp3) is 0.455. The van der Waals surface area contributed by atoms with Crippen molar-refractivity contribution in [2.45, 2.75) is 25.3 Å². The Balaban J connectivity index is 1.97. The standard InChI is InChI=1S/C11H12FNO3/c12-8-5-7(1-2-9(8)15)13-10(16)11(6-14)3-4-11/h2,5-7,15H,1,3-4H2,(H,13,16). The number of amides is 1. The average Bonchev–Trinajstić information content (AvgIpc) is 3.04. The lowest BCUT2D eigenvalue weighted by Crippen LogP contribution is -2.40. The molecular formula is C11H12FNO3. The van der Waals surface area contributed by atoms with Crippen LogP contribution in [-0.4, -0.2) is 23.3 Å². The zero-order valence-corrected chi connectivity index (χ0v) is 8.57. The SMILES string of the molecule is O=CC1(C(=O)NC2C=C(F)C(O)=CC2)CC1. The molecule has 0 aromatic heterocycles. The van der Waals surface area contributed by atoms with Crippen molar-refractivity contribution in [3.8, 4) is 0 Å². The molecule has 2 rings (SSSR count). The van der Waals surface area contributed by atoms with Crippen LogP contribution in [0.25, 0.3) is 0 Å². The zero-order chi connectivity index (χ0) is 11.8. The van der Waals surface area contributed by atoms with Gasteiger partial charge in [0, 0.05) is 0 Å². The lowest BCUT2D eigenvalue weighted by molar-refractivity contribution is -0.131. The minimum atomic E-state index is -0.881. The van der Waals surface area contributed by atoms with Crippen LogP contribution in [0.2, 0.25) is 0 Å². The maximum atomic E-state index is 13.0. The summed E-state index contributed by atoms with van der Waals surface area (Å²) in [7, 11) is 0. The van der Waals surface area contributed by atoms with E-state index in [0.717, 1.165) is 6.08 Å². The first kappa shape index (κ1) is 10.9. The van der Waals surface area contributed by atoms with E-state index in [4.69, 9.17) is 5.11 Å². The van der Waals surface area contributed by atoms with E-state index in [-0.39, 0.29) is 5.91 Å². The Morgan fingerprint density at radius 1 is 1.62 bits per heavy atom. The van der Waals surface area contributed by atoms with Crippen molar-refractivity contribution < 1.29 is 19.1 Å². The highest BCUT2D eigenvalue weighted by molar-refractivity contribution is 5.99. The van der Waals surface area contributed by atoms with Crippen LogP contribution in [0.4, 0.5) is 4.39 Å². The van der Waals surface area contributed by atoms with Gasteiger partial charge in [0.05, 0.1) is 6.04 Å². The van der Waals surface area contributed by atoms with Gasteiger partial charge in [0.25, 0.3) is 0 Å². The summed E-state index contributed by atoms with van der Waals surface area (Å²) in [6.07, 6.45) is 4.55. The van der Waals surface area contributed by atoms with Gasteiger partial charge in [-0.2, -0.15) is 0 Å². The van der Waals surface area contributed by atoms with Crippen LogP contribution >= 0.6 is 0 Å². The second-order valence-corrected chi connectivity index (χ2v) is 4.19. The third-order valence-corrected chi connectivity index (χ3v) is 2.94. The summed E-state index contributed by atoms with van der Waals surface area (Å²) in [6, 6.07) is -0.485. The number of hydrogen-bond donors (Lipinski definition) is 2. The number of carbonyl (C=O) groups excluding carboxylic acids is 2. The van der Waals surface area contributed by atoms with Gasteiger partial charge < -0.3 is 15.2 Å². The van der Waals surface area contributed by atoms with Crippen LogP contribution in [0, 0.1) is 5.41 Å². The number of nitrogens with one attached hydrogen (secondary N) is 1. The fourth-order valence-electron chi connectivity index (χ4n) is 1.61. The van der Waals surface area contributed by atoms with Crippen LogP contribution in [0.15, 0.2) is 23.7 Å². The Kier molecular flexibility index (Phi) is 2.53. The zero-order valence-electron chi connectivity index (χ0n) is 8.57. The lowest BCUT2D eigenvalue weighted by Gasteiger charge is -2.18. The largest absolute Gasteiger partial charge is 0.505 e. The van der Waals surface area contributed by atoms with Gasteiger partial charge in [0.15, 0.2) is 5.83 Å². The number of carbonyl (C=O) groups is 2. The van der Waals surface area contributed by atoms with Crippen LogP contribution in [0.1, 0.15) is 19.3 Å². The maximum absolute atomic E-state index is 13.0. The highest BCUT2D eigenvalue weighted by Gasteiger charge is 2.50. The second kappa shape index (κ2) is 3.73. The lowest BCUT2D eigenvalue weighted by atomic mass is 10.0. The van der Waals surface area contributed by atoms with E-state index in [1.165, 1.54) is 6.08 Å². The number of halogens is 1. The Hall–Kier alpha value is -1.65. The third-order valence-electron chi connectivity index (χ3n) is 2.94. The number of allylic oxidation sites excluding steroid dienone is 1. The first-order valence-corrected chi connectivity index (χ1v) is 5.11. The molecule has 0 aromatic rings. The van der Waals surface area contributed by atoms with Gasteiger partial charge in [-0.25, -0.2) is 4.39 Å². The minimum Gasteiger partial charge on any atom is -0.505 e. The molecule has 1 saturated carbocycles. The Bertz CT molecular complexity index is 396. The fourth-order valence-corrected chi connectivity index (χ4v) is 1.61. The molecule has 2 N–H and O–H groups in total. The highest BCUT2D eigenvalue weighted by Crippen LogP contribution is 2.43. The molecule has 0 aromatic carbocycles. The topological polar surface area (TPSA) is 66.4 Å². The summed E-state index contributed by atoms with van der Waals surface area (Å²) < 4.78 is 13.0. The summed E-state index contributed by atoms with van der Waals surface area (Å²) in [4.78, 5) is 22.3. The highest BCUT2D eigenvalue weighted by atomic mass is 19.1. The summed E-state index contributed by atoms with van der Waals surface area (Å²) in [6.45, 7) is 0. The van der Waals surface area contributed by atoms with E-state index >= 15 is 0 Å². The number of rotatable bonds is 3. The van der Waals surface area contributed by atoms with E-state index in [1.807, 2.05) is 0 Å². The van der Waals surface area contributed by atoms with Gasteiger partial charge in [0.1, 0.15) is 17.5 Å². The molecule has 0 bridgehead atoms. The minimum absolute atomic E-state index is 0.333. The van der Waals surface area contributed by atoms with Crippen LogP contribution < -0.4 is 5.32 Å². The Morgan fingerprint density at radius 2 is 2.31 bits per heavy atom. The van der Waals surface area contributed by atoms with E-state index in [2.05, 4.69) is 5.32 Å². The van der Waals surface area contributed by atoms with Gasteiger partial charge in [-0.15, -0.1) is 0 Å². The molecule has 0 radical (unpaired) electrons. The van der Waals surface area contributed by atoms with Crippen molar-refractivity contribution in [3.63, 3.8) is 0 Å². The molecular weight excluding hydrogens is 213 g/mol. The quantitative estimate of drug-likeness (QED) is 0.559. The van der Waals surface area contributed by atoms with Crippen LogP contribution in [0.5, 0.6) is 0 Å². The van der Waals surface area contributed by atoms with Crippen molar-refractivity contribution in [1.29, 1.82) is 0 Å². The molecule has 4 nitrogen and oxygen atoms in total. The molecule has 0 saturated heterocycles. The third kappa shape index (κ3) is 1.85. The molecule has 0 aliphatic heterocycles. The molecule has 1 amide bonds.